The van der Waals surface area contributed by atoms with Crippen LogP contribution in [-0.2, 0) is 9.53 Å². The first-order valence-corrected chi connectivity index (χ1v) is 10.4. The highest BCUT2D eigenvalue weighted by Crippen LogP contribution is 2.29. The molecule has 0 spiro atoms. The van der Waals surface area contributed by atoms with Gasteiger partial charge in [0.1, 0.15) is 22.0 Å². The summed E-state index contributed by atoms with van der Waals surface area (Å²) in [5, 5.41) is 0.744. The molecular weight excluding hydrogens is 402 g/mol. The van der Waals surface area contributed by atoms with Crippen molar-refractivity contribution in [2.45, 2.75) is 24.3 Å². The molecule has 0 unspecified atom stereocenters. The highest BCUT2D eigenvalue weighted by atomic mass is 32.2. The third-order valence-electron chi connectivity index (χ3n) is 4.72. The molecule has 30 heavy (non-hydrogen) atoms. The fourth-order valence-corrected chi connectivity index (χ4v) is 4.23. The van der Waals surface area contributed by atoms with Crippen LogP contribution in [0, 0.1) is 0 Å². The van der Waals surface area contributed by atoms with Crippen molar-refractivity contribution in [1.29, 1.82) is 0 Å². The maximum Gasteiger partial charge on any atom is 0.318 e. The monoisotopic (exact) mass is 423 g/mol. The van der Waals surface area contributed by atoms with E-state index >= 15 is 0 Å². The van der Waals surface area contributed by atoms with Gasteiger partial charge in [-0.25, -0.2) is 4.98 Å². The number of thioether (sulfide) groups is 1. The first-order valence-electron chi connectivity index (χ1n) is 9.54. The number of methoxy groups -OCH3 is 1. The number of ether oxygens (including phenoxy) is 2. The van der Waals surface area contributed by atoms with Crippen LogP contribution in [0.25, 0.3) is 27.6 Å². The minimum absolute atomic E-state index is 0.236. The largest absolute Gasteiger partial charge is 0.494 e. The Morgan fingerprint density at radius 3 is 2.63 bits per heavy atom. The van der Waals surface area contributed by atoms with Gasteiger partial charge in [-0.05, 0) is 44.2 Å². The number of nitrogens with zero attached hydrogens (tertiary/aromatic N) is 2. The number of aromatic amines is 1. The van der Waals surface area contributed by atoms with Crippen molar-refractivity contribution < 1.29 is 14.3 Å². The number of para-hydroxylation sites is 1. The Balaban J connectivity index is 1.94. The quantitative estimate of drug-likeness (QED) is 0.287. The van der Waals surface area contributed by atoms with Gasteiger partial charge in [0.2, 0.25) is 0 Å². The van der Waals surface area contributed by atoms with Crippen LogP contribution in [-0.4, -0.2) is 39.5 Å². The standard InChI is InChI=1S/C22H21N3O4S/c1-4-29-15-11-9-14(10-12-15)25-20(26)19-18(16-7-5-6-8-17(16)23-19)24-22(25)30-13(2)21(27)28-3/h5-13,23H,4H2,1-3H3/t13-/m0/s1. The van der Waals surface area contributed by atoms with Crippen LogP contribution >= 0.6 is 11.8 Å². The molecule has 0 fully saturated rings. The van der Waals surface area contributed by atoms with Crippen molar-refractivity contribution in [2.24, 2.45) is 0 Å². The molecule has 0 radical (unpaired) electrons. The van der Waals surface area contributed by atoms with E-state index in [9.17, 15) is 9.59 Å². The molecule has 0 amide bonds. The zero-order valence-electron chi connectivity index (χ0n) is 16.8. The normalized spacial score (nSPS) is 12.2. The third-order valence-corrected chi connectivity index (χ3v) is 5.75. The number of carbonyl (C=O) groups excluding carboxylic acids is 1. The van der Waals surface area contributed by atoms with Crippen molar-refractivity contribution in [3.05, 3.63) is 58.9 Å². The molecule has 4 aromatic rings. The molecule has 1 atom stereocenters. The van der Waals surface area contributed by atoms with E-state index in [4.69, 9.17) is 14.5 Å². The molecule has 0 bridgehead atoms. The van der Waals surface area contributed by atoms with Gasteiger partial charge in [-0.3, -0.25) is 14.2 Å². The van der Waals surface area contributed by atoms with Gasteiger partial charge in [-0.1, -0.05) is 30.0 Å². The van der Waals surface area contributed by atoms with E-state index in [1.54, 1.807) is 31.2 Å². The molecule has 0 aliphatic carbocycles. The number of nitrogens with one attached hydrogen (secondary N) is 1. The maximum absolute atomic E-state index is 13.5. The molecule has 0 saturated heterocycles. The molecule has 1 N–H and O–H groups in total. The van der Waals surface area contributed by atoms with Gasteiger partial charge in [0.15, 0.2) is 5.16 Å². The lowest BCUT2D eigenvalue weighted by atomic mass is 10.2. The molecule has 0 aliphatic rings. The van der Waals surface area contributed by atoms with Crippen molar-refractivity contribution in [2.75, 3.05) is 13.7 Å². The highest BCUT2D eigenvalue weighted by molar-refractivity contribution is 8.00. The van der Waals surface area contributed by atoms with Gasteiger partial charge < -0.3 is 14.5 Å². The van der Waals surface area contributed by atoms with Crippen LogP contribution in [0.3, 0.4) is 0 Å². The van der Waals surface area contributed by atoms with Gasteiger partial charge in [-0.2, -0.15) is 0 Å². The molecule has 0 saturated carbocycles. The summed E-state index contributed by atoms with van der Waals surface area (Å²) < 4.78 is 11.9. The maximum atomic E-state index is 13.5. The number of hydrogen-bond acceptors (Lipinski definition) is 6. The van der Waals surface area contributed by atoms with Crippen LogP contribution in [0.4, 0.5) is 0 Å². The third kappa shape index (κ3) is 3.54. The summed E-state index contributed by atoms with van der Waals surface area (Å²) in [6.45, 7) is 4.19. The molecule has 2 aromatic carbocycles. The minimum atomic E-state index is -0.529. The lowest BCUT2D eigenvalue weighted by Gasteiger charge is -2.15. The average Bonchev–Trinajstić information content (AvgIpc) is 3.13. The number of benzene rings is 2. The molecule has 8 heteroatoms. The molecule has 7 nitrogen and oxygen atoms in total. The Morgan fingerprint density at radius 1 is 1.20 bits per heavy atom. The second-order valence-electron chi connectivity index (χ2n) is 6.64. The summed E-state index contributed by atoms with van der Waals surface area (Å²) in [4.78, 5) is 33.4. The number of aromatic nitrogens is 3. The smallest absolute Gasteiger partial charge is 0.318 e. The minimum Gasteiger partial charge on any atom is -0.494 e. The number of H-pyrrole nitrogens is 1. The zero-order valence-corrected chi connectivity index (χ0v) is 17.7. The van der Waals surface area contributed by atoms with Crippen LogP contribution in [0.1, 0.15) is 13.8 Å². The highest BCUT2D eigenvalue weighted by Gasteiger charge is 2.22. The summed E-state index contributed by atoms with van der Waals surface area (Å²) in [6.07, 6.45) is 0. The molecule has 2 heterocycles. The van der Waals surface area contributed by atoms with E-state index in [1.165, 1.54) is 23.4 Å². The summed E-state index contributed by atoms with van der Waals surface area (Å²) in [6, 6.07) is 14.8. The van der Waals surface area contributed by atoms with E-state index in [0.717, 1.165) is 10.9 Å². The Kier molecular flexibility index (Phi) is 5.50. The fraction of sp³-hybridized carbons (Fsp3) is 0.227. The predicted molar refractivity (Wildman–Crippen MR) is 118 cm³/mol. The van der Waals surface area contributed by atoms with E-state index < -0.39 is 5.25 Å². The fourth-order valence-electron chi connectivity index (χ4n) is 3.28. The van der Waals surface area contributed by atoms with Gasteiger partial charge >= 0.3 is 5.97 Å². The summed E-state index contributed by atoms with van der Waals surface area (Å²) in [7, 11) is 1.34. The molecule has 154 valence electrons. The number of fused-ring (bicyclic) bond motifs is 3. The molecular formula is C22H21N3O4S. The Bertz CT molecular complexity index is 1280. The summed E-state index contributed by atoms with van der Waals surface area (Å²) in [5.41, 5.74) is 2.23. The zero-order chi connectivity index (χ0) is 21.3. The van der Waals surface area contributed by atoms with Crippen molar-refractivity contribution >= 4 is 39.7 Å². The van der Waals surface area contributed by atoms with Crippen molar-refractivity contribution in [1.82, 2.24) is 14.5 Å². The second-order valence-corrected chi connectivity index (χ2v) is 7.95. The Labute approximate surface area is 177 Å². The van der Waals surface area contributed by atoms with Gasteiger partial charge in [0.25, 0.3) is 5.56 Å². The van der Waals surface area contributed by atoms with E-state index in [1.807, 2.05) is 31.2 Å². The topological polar surface area (TPSA) is 86.2 Å². The average molecular weight is 423 g/mol. The lowest BCUT2D eigenvalue weighted by Crippen LogP contribution is -2.24. The number of carbonyl (C=O) groups is 1. The van der Waals surface area contributed by atoms with Crippen molar-refractivity contribution in [3.63, 3.8) is 0 Å². The van der Waals surface area contributed by atoms with Crippen LogP contribution in [0.2, 0.25) is 0 Å². The predicted octanol–water partition coefficient (Wildman–Crippen LogP) is 3.92. The summed E-state index contributed by atoms with van der Waals surface area (Å²) in [5.74, 6) is 0.331. The molecule has 2 aromatic heterocycles. The number of rotatable bonds is 6. The first kappa shape index (κ1) is 20.0. The summed E-state index contributed by atoms with van der Waals surface area (Å²) >= 11 is 1.19. The first-order chi connectivity index (χ1) is 14.5. The van der Waals surface area contributed by atoms with Crippen LogP contribution in [0.5, 0.6) is 5.75 Å². The van der Waals surface area contributed by atoms with Crippen LogP contribution < -0.4 is 10.3 Å². The Hall–Kier alpha value is -3.26. The van der Waals surface area contributed by atoms with Crippen molar-refractivity contribution in [3.8, 4) is 11.4 Å². The molecule has 0 aliphatic heterocycles. The van der Waals surface area contributed by atoms with Crippen LogP contribution in [0.15, 0.2) is 58.5 Å². The van der Waals surface area contributed by atoms with E-state index in [2.05, 4.69) is 4.98 Å². The van der Waals surface area contributed by atoms with Gasteiger partial charge in [0.05, 0.1) is 19.4 Å². The Morgan fingerprint density at radius 2 is 1.93 bits per heavy atom. The number of esters is 1. The number of hydrogen-bond donors (Lipinski definition) is 1. The second kappa shape index (κ2) is 8.23. The van der Waals surface area contributed by atoms with E-state index in [-0.39, 0.29) is 11.5 Å². The SMILES string of the molecule is CCOc1ccc(-n2c(S[C@@H](C)C(=O)OC)nc3c([nH]c4ccccc43)c2=O)cc1. The van der Waals surface area contributed by atoms with Gasteiger partial charge in [0, 0.05) is 10.9 Å². The van der Waals surface area contributed by atoms with E-state index in [0.29, 0.717) is 34.2 Å². The van der Waals surface area contributed by atoms with Gasteiger partial charge in [-0.15, -0.1) is 0 Å². The lowest BCUT2D eigenvalue weighted by molar-refractivity contribution is -0.139. The molecule has 4 rings (SSSR count).